The summed E-state index contributed by atoms with van der Waals surface area (Å²) in [5.41, 5.74) is 10.1. The second-order valence-electron chi connectivity index (χ2n) is 5.50. The zero-order chi connectivity index (χ0) is 14.7. The van der Waals surface area contributed by atoms with Gasteiger partial charge >= 0.3 is 0 Å². The number of nitrogens with two attached hydrogens (primary N) is 1. The van der Waals surface area contributed by atoms with Crippen LogP contribution in [0.4, 0.5) is 0 Å². The molecule has 0 saturated heterocycles. The van der Waals surface area contributed by atoms with Crippen molar-refractivity contribution in [2.24, 2.45) is 12.8 Å². The predicted octanol–water partition coefficient (Wildman–Crippen LogP) is 3.16. The van der Waals surface area contributed by atoms with Crippen molar-refractivity contribution in [3.63, 3.8) is 0 Å². The molecule has 0 fully saturated rings. The van der Waals surface area contributed by atoms with Crippen LogP contribution in [0.3, 0.4) is 0 Å². The van der Waals surface area contributed by atoms with Crippen molar-refractivity contribution in [2.75, 3.05) is 0 Å². The average Bonchev–Trinajstić information content (AvgIpc) is 2.94. The summed E-state index contributed by atoms with van der Waals surface area (Å²) in [6.45, 7) is 6.41. The van der Waals surface area contributed by atoms with Crippen LogP contribution in [-0.2, 0) is 26.3 Å². The van der Waals surface area contributed by atoms with Gasteiger partial charge in [-0.25, -0.2) is 0 Å². The quantitative estimate of drug-likeness (QED) is 0.888. The lowest BCUT2D eigenvalue weighted by molar-refractivity contribution is 0.612. The molecule has 20 heavy (non-hydrogen) atoms. The minimum atomic E-state index is 0.234. The molecule has 2 rings (SSSR count). The smallest absolute Gasteiger partial charge is 0.0628 e. The van der Waals surface area contributed by atoms with Crippen LogP contribution >= 0.6 is 11.3 Å². The monoisotopic (exact) mass is 291 g/mol. The van der Waals surface area contributed by atoms with Gasteiger partial charge in [-0.2, -0.15) is 5.10 Å². The van der Waals surface area contributed by atoms with Gasteiger partial charge in [0, 0.05) is 28.5 Å². The highest BCUT2D eigenvalue weighted by molar-refractivity contribution is 7.11. The van der Waals surface area contributed by atoms with Crippen molar-refractivity contribution < 1.29 is 0 Å². The van der Waals surface area contributed by atoms with Crippen molar-refractivity contribution in [2.45, 2.75) is 52.5 Å². The van der Waals surface area contributed by atoms with Gasteiger partial charge in [-0.05, 0) is 57.2 Å². The minimum Gasteiger partial charge on any atom is -0.327 e. The largest absolute Gasteiger partial charge is 0.327 e. The molecule has 2 aromatic rings. The SMILES string of the molecule is CCc1ccc(CC(N)CCc2c(C)nn(C)c2C)s1. The van der Waals surface area contributed by atoms with E-state index in [1.807, 2.05) is 23.1 Å². The molecular weight excluding hydrogens is 266 g/mol. The number of hydrogen-bond acceptors (Lipinski definition) is 3. The summed E-state index contributed by atoms with van der Waals surface area (Å²) in [6, 6.07) is 4.68. The molecule has 0 aliphatic heterocycles. The third kappa shape index (κ3) is 3.49. The Bertz CT molecular complexity index is 568. The van der Waals surface area contributed by atoms with Crippen LogP contribution < -0.4 is 5.73 Å². The Morgan fingerprint density at radius 2 is 2.00 bits per heavy atom. The highest BCUT2D eigenvalue weighted by Crippen LogP contribution is 2.20. The number of aromatic nitrogens is 2. The number of thiophene rings is 1. The molecule has 2 N–H and O–H groups in total. The summed E-state index contributed by atoms with van der Waals surface area (Å²) in [4.78, 5) is 2.86. The highest BCUT2D eigenvalue weighted by atomic mass is 32.1. The fourth-order valence-electron chi connectivity index (χ4n) is 2.59. The van der Waals surface area contributed by atoms with Crippen molar-refractivity contribution in [1.29, 1.82) is 0 Å². The highest BCUT2D eigenvalue weighted by Gasteiger charge is 2.12. The van der Waals surface area contributed by atoms with Gasteiger partial charge in [0.05, 0.1) is 5.69 Å². The number of nitrogens with zero attached hydrogens (tertiary/aromatic N) is 2. The van der Waals surface area contributed by atoms with Crippen molar-refractivity contribution in [1.82, 2.24) is 9.78 Å². The van der Waals surface area contributed by atoms with Gasteiger partial charge in [-0.3, -0.25) is 4.68 Å². The van der Waals surface area contributed by atoms with E-state index in [-0.39, 0.29) is 6.04 Å². The Kier molecular flexibility index (Phi) is 5.00. The maximum Gasteiger partial charge on any atom is 0.0628 e. The zero-order valence-electron chi connectivity index (χ0n) is 12.9. The minimum absolute atomic E-state index is 0.234. The van der Waals surface area contributed by atoms with Crippen LogP contribution in [0.15, 0.2) is 12.1 Å². The molecule has 1 atom stereocenters. The molecular formula is C16H25N3S. The molecule has 1 unspecified atom stereocenters. The first-order valence-corrected chi connectivity index (χ1v) is 8.15. The first-order chi connectivity index (χ1) is 9.51. The van der Waals surface area contributed by atoms with E-state index < -0.39 is 0 Å². The Morgan fingerprint density at radius 1 is 1.30 bits per heavy atom. The number of aryl methyl sites for hydroxylation is 3. The van der Waals surface area contributed by atoms with Gasteiger partial charge in [0.1, 0.15) is 0 Å². The topological polar surface area (TPSA) is 43.8 Å². The van der Waals surface area contributed by atoms with E-state index in [9.17, 15) is 0 Å². The standard InChI is InChI=1S/C16H25N3S/c1-5-14-7-8-15(20-14)10-13(17)6-9-16-11(2)18-19(4)12(16)3/h7-8,13H,5-6,9-10,17H2,1-4H3. The van der Waals surface area contributed by atoms with E-state index in [1.54, 1.807) is 0 Å². The molecule has 0 aliphatic rings. The summed E-state index contributed by atoms with van der Waals surface area (Å²) in [5.74, 6) is 0. The molecule has 2 aromatic heterocycles. The van der Waals surface area contributed by atoms with Crippen LogP contribution in [0.2, 0.25) is 0 Å². The van der Waals surface area contributed by atoms with Crippen molar-refractivity contribution in [3.05, 3.63) is 38.8 Å². The molecule has 0 spiro atoms. The van der Waals surface area contributed by atoms with Crippen LogP contribution in [0.5, 0.6) is 0 Å². The molecule has 2 heterocycles. The molecule has 3 nitrogen and oxygen atoms in total. The van der Waals surface area contributed by atoms with Crippen LogP contribution in [0.25, 0.3) is 0 Å². The molecule has 0 amide bonds. The van der Waals surface area contributed by atoms with Gasteiger partial charge in [-0.15, -0.1) is 11.3 Å². The fraction of sp³-hybridized carbons (Fsp3) is 0.562. The molecule has 0 bridgehead atoms. The van der Waals surface area contributed by atoms with Gasteiger partial charge in [0.2, 0.25) is 0 Å². The summed E-state index contributed by atoms with van der Waals surface area (Å²) < 4.78 is 1.96. The molecule has 0 radical (unpaired) electrons. The Labute approximate surface area is 125 Å². The Morgan fingerprint density at radius 3 is 2.55 bits per heavy atom. The Balaban J connectivity index is 1.90. The number of rotatable bonds is 6. The lowest BCUT2D eigenvalue weighted by Gasteiger charge is -2.10. The molecule has 0 aromatic carbocycles. The average molecular weight is 291 g/mol. The number of hydrogen-bond donors (Lipinski definition) is 1. The maximum absolute atomic E-state index is 6.29. The molecule has 4 heteroatoms. The van der Waals surface area contributed by atoms with E-state index in [0.717, 1.165) is 31.4 Å². The fourth-order valence-corrected chi connectivity index (χ4v) is 3.64. The first-order valence-electron chi connectivity index (χ1n) is 7.33. The van der Waals surface area contributed by atoms with Gasteiger partial charge in [0.25, 0.3) is 0 Å². The second-order valence-corrected chi connectivity index (χ2v) is 6.75. The van der Waals surface area contributed by atoms with E-state index in [2.05, 4.69) is 38.0 Å². The maximum atomic E-state index is 6.29. The van der Waals surface area contributed by atoms with E-state index in [1.165, 1.54) is 21.0 Å². The van der Waals surface area contributed by atoms with E-state index in [4.69, 9.17) is 5.73 Å². The summed E-state index contributed by atoms with van der Waals surface area (Å²) in [6.07, 6.45) is 4.16. The van der Waals surface area contributed by atoms with Crippen molar-refractivity contribution >= 4 is 11.3 Å². The third-order valence-electron chi connectivity index (χ3n) is 3.95. The second kappa shape index (κ2) is 6.55. The Hall–Kier alpha value is -1.13. The van der Waals surface area contributed by atoms with E-state index in [0.29, 0.717) is 0 Å². The van der Waals surface area contributed by atoms with Crippen molar-refractivity contribution in [3.8, 4) is 0 Å². The third-order valence-corrected chi connectivity index (χ3v) is 5.21. The molecule has 110 valence electrons. The molecule has 0 saturated carbocycles. The van der Waals surface area contributed by atoms with Gasteiger partial charge in [-0.1, -0.05) is 6.92 Å². The van der Waals surface area contributed by atoms with E-state index >= 15 is 0 Å². The summed E-state index contributed by atoms with van der Waals surface area (Å²) in [5, 5.41) is 4.46. The summed E-state index contributed by atoms with van der Waals surface area (Å²) in [7, 11) is 2.00. The predicted molar refractivity (Wildman–Crippen MR) is 86.4 cm³/mol. The van der Waals surface area contributed by atoms with Gasteiger partial charge in [0.15, 0.2) is 0 Å². The van der Waals surface area contributed by atoms with Gasteiger partial charge < -0.3 is 5.73 Å². The van der Waals surface area contributed by atoms with Crippen LogP contribution in [-0.4, -0.2) is 15.8 Å². The normalized spacial score (nSPS) is 12.8. The van der Waals surface area contributed by atoms with Crippen LogP contribution in [0, 0.1) is 13.8 Å². The van der Waals surface area contributed by atoms with Crippen LogP contribution in [0.1, 0.15) is 40.1 Å². The molecule has 0 aliphatic carbocycles. The lowest BCUT2D eigenvalue weighted by atomic mass is 10.0. The lowest BCUT2D eigenvalue weighted by Crippen LogP contribution is -2.23. The zero-order valence-corrected chi connectivity index (χ0v) is 13.8. The first kappa shape index (κ1) is 15.3. The summed E-state index contributed by atoms with van der Waals surface area (Å²) >= 11 is 1.90.